The zero-order chi connectivity index (χ0) is 14.4. The molecule has 0 aromatic carbocycles. The van der Waals surface area contributed by atoms with Crippen LogP contribution in [0.5, 0.6) is 11.8 Å². The Balaban J connectivity index is 1.74. The number of nitrogen functional groups attached to an aromatic ring is 1. The summed E-state index contributed by atoms with van der Waals surface area (Å²) in [5, 5.41) is 0. The largest absolute Gasteiger partial charge is 0.476 e. The molecule has 0 aliphatic heterocycles. The second-order valence-corrected chi connectivity index (χ2v) is 5.62. The van der Waals surface area contributed by atoms with E-state index >= 15 is 0 Å². The molecule has 0 bridgehead atoms. The zero-order valence-corrected chi connectivity index (χ0v) is 12.3. The maximum atomic E-state index is 5.84. The predicted octanol–water partition coefficient (Wildman–Crippen LogP) is 2.50. The molecule has 1 heterocycles. The third-order valence-corrected chi connectivity index (χ3v) is 2.95. The van der Waals surface area contributed by atoms with Gasteiger partial charge < -0.3 is 19.9 Å². The minimum absolute atomic E-state index is 0.470. The minimum Gasteiger partial charge on any atom is -0.476 e. The lowest BCUT2D eigenvalue weighted by Gasteiger charge is -2.11. The van der Waals surface area contributed by atoms with E-state index in [9.17, 15) is 0 Å². The Bertz CT molecular complexity index is 420. The molecule has 2 rings (SSSR count). The van der Waals surface area contributed by atoms with Crippen LogP contribution >= 0.6 is 0 Å². The molecule has 20 heavy (non-hydrogen) atoms. The van der Waals surface area contributed by atoms with Gasteiger partial charge in [0.25, 0.3) is 0 Å². The molecule has 1 aromatic heterocycles. The minimum atomic E-state index is 0.470. The van der Waals surface area contributed by atoms with E-state index in [0.717, 1.165) is 6.61 Å². The summed E-state index contributed by atoms with van der Waals surface area (Å²) in [6.45, 7) is 6.71. The van der Waals surface area contributed by atoms with E-state index < -0.39 is 0 Å². The van der Waals surface area contributed by atoms with Crippen LogP contribution in [0.15, 0.2) is 12.1 Å². The van der Waals surface area contributed by atoms with E-state index in [1.165, 1.54) is 12.8 Å². The van der Waals surface area contributed by atoms with E-state index in [-0.39, 0.29) is 0 Å². The summed E-state index contributed by atoms with van der Waals surface area (Å²) in [5.74, 6) is 2.20. The maximum Gasteiger partial charge on any atom is 0.240 e. The molecule has 0 amide bonds. The molecule has 0 unspecified atom stereocenters. The van der Waals surface area contributed by atoms with Crippen molar-refractivity contribution in [3.63, 3.8) is 0 Å². The Labute approximate surface area is 120 Å². The standard InChI is InChI=1S/C15H24N2O3/c1-11(2)9-18-7-8-19-14-6-5-13(16)15(17-14)20-10-12-3-4-12/h5-6,11-12H,3-4,7-10,16H2,1-2H3. The number of rotatable bonds is 9. The molecule has 0 spiro atoms. The SMILES string of the molecule is CC(C)COCCOc1ccc(N)c(OCC2CC2)n1. The van der Waals surface area contributed by atoms with Crippen molar-refractivity contribution < 1.29 is 14.2 Å². The van der Waals surface area contributed by atoms with Gasteiger partial charge in [-0.05, 0) is 30.7 Å². The predicted molar refractivity (Wildman–Crippen MR) is 78.0 cm³/mol. The van der Waals surface area contributed by atoms with E-state index in [0.29, 0.717) is 49.1 Å². The number of pyridine rings is 1. The van der Waals surface area contributed by atoms with Gasteiger partial charge in [0, 0.05) is 12.7 Å². The van der Waals surface area contributed by atoms with Gasteiger partial charge >= 0.3 is 0 Å². The molecule has 5 heteroatoms. The number of aromatic nitrogens is 1. The number of anilines is 1. The molecule has 1 aromatic rings. The Morgan fingerprint density at radius 1 is 1.25 bits per heavy atom. The second-order valence-electron chi connectivity index (χ2n) is 5.62. The smallest absolute Gasteiger partial charge is 0.240 e. The average Bonchev–Trinajstić information content (AvgIpc) is 3.22. The Kier molecular flexibility index (Phi) is 5.47. The summed E-state index contributed by atoms with van der Waals surface area (Å²) in [4.78, 5) is 4.28. The van der Waals surface area contributed by atoms with Crippen molar-refractivity contribution in [3.8, 4) is 11.8 Å². The van der Waals surface area contributed by atoms with E-state index in [1.54, 1.807) is 12.1 Å². The van der Waals surface area contributed by atoms with Crippen molar-refractivity contribution in [2.45, 2.75) is 26.7 Å². The van der Waals surface area contributed by atoms with Gasteiger partial charge in [0.05, 0.1) is 18.9 Å². The van der Waals surface area contributed by atoms with Gasteiger partial charge in [-0.25, -0.2) is 0 Å². The first kappa shape index (κ1) is 14.9. The van der Waals surface area contributed by atoms with Crippen LogP contribution in [-0.2, 0) is 4.74 Å². The van der Waals surface area contributed by atoms with Crippen molar-refractivity contribution in [1.82, 2.24) is 4.98 Å². The van der Waals surface area contributed by atoms with E-state index in [2.05, 4.69) is 18.8 Å². The number of nitrogens with zero attached hydrogens (tertiary/aromatic N) is 1. The van der Waals surface area contributed by atoms with Crippen molar-refractivity contribution in [3.05, 3.63) is 12.1 Å². The molecule has 112 valence electrons. The molecular formula is C15H24N2O3. The fourth-order valence-electron chi connectivity index (χ4n) is 1.64. The van der Waals surface area contributed by atoms with Gasteiger partial charge in [-0.3, -0.25) is 0 Å². The Morgan fingerprint density at radius 2 is 2.05 bits per heavy atom. The van der Waals surface area contributed by atoms with Crippen LogP contribution in [0.25, 0.3) is 0 Å². The van der Waals surface area contributed by atoms with Crippen LogP contribution in [0, 0.1) is 11.8 Å². The normalized spacial score (nSPS) is 14.6. The fraction of sp³-hybridized carbons (Fsp3) is 0.667. The molecule has 1 fully saturated rings. The van der Waals surface area contributed by atoms with Crippen molar-refractivity contribution in [1.29, 1.82) is 0 Å². The van der Waals surface area contributed by atoms with Gasteiger partial charge in [0.1, 0.15) is 6.61 Å². The molecular weight excluding hydrogens is 256 g/mol. The molecule has 1 aliphatic rings. The first-order chi connectivity index (χ1) is 9.65. The highest BCUT2D eigenvalue weighted by Crippen LogP contribution is 2.30. The highest BCUT2D eigenvalue weighted by molar-refractivity contribution is 5.49. The summed E-state index contributed by atoms with van der Waals surface area (Å²) < 4.78 is 16.6. The van der Waals surface area contributed by atoms with Crippen molar-refractivity contribution >= 4 is 5.69 Å². The first-order valence-electron chi connectivity index (χ1n) is 7.25. The van der Waals surface area contributed by atoms with Gasteiger partial charge in [-0.15, -0.1) is 0 Å². The van der Waals surface area contributed by atoms with Crippen LogP contribution in [0.2, 0.25) is 0 Å². The van der Waals surface area contributed by atoms with Gasteiger partial charge in [-0.2, -0.15) is 4.98 Å². The Morgan fingerprint density at radius 3 is 2.75 bits per heavy atom. The lowest BCUT2D eigenvalue weighted by molar-refractivity contribution is 0.0804. The van der Waals surface area contributed by atoms with E-state index in [4.69, 9.17) is 19.9 Å². The lowest BCUT2D eigenvalue weighted by Crippen LogP contribution is -2.11. The highest BCUT2D eigenvalue weighted by atomic mass is 16.5. The molecule has 0 atom stereocenters. The number of hydrogen-bond donors (Lipinski definition) is 1. The average molecular weight is 280 g/mol. The fourth-order valence-corrected chi connectivity index (χ4v) is 1.64. The van der Waals surface area contributed by atoms with Gasteiger partial charge in [0.2, 0.25) is 11.8 Å². The van der Waals surface area contributed by atoms with Crippen molar-refractivity contribution in [2.24, 2.45) is 11.8 Å². The van der Waals surface area contributed by atoms with Crippen LogP contribution in [0.1, 0.15) is 26.7 Å². The summed E-state index contributed by atoms with van der Waals surface area (Å²) in [7, 11) is 0. The molecule has 1 saturated carbocycles. The zero-order valence-electron chi connectivity index (χ0n) is 12.3. The summed E-state index contributed by atoms with van der Waals surface area (Å²) in [6.07, 6.45) is 2.48. The van der Waals surface area contributed by atoms with E-state index in [1.807, 2.05) is 0 Å². The molecule has 0 saturated heterocycles. The molecule has 0 radical (unpaired) electrons. The van der Waals surface area contributed by atoms with Crippen LogP contribution in [-0.4, -0.2) is 31.4 Å². The number of hydrogen-bond acceptors (Lipinski definition) is 5. The quantitative estimate of drug-likeness (QED) is 0.704. The molecule has 5 nitrogen and oxygen atoms in total. The first-order valence-corrected chi connectivity index (χ1v) is 7.25. The summed E-state index contributed by atoms with van der Waals surface area (Å²) in [5.41, 5.74) is 6.39. The number of ether oxygens (including phenoxy) is 3. The number of nitrogens with two attached hydrogens (primary N) is 1. The van der Waals surface area contributed by atoms with Crippen LogP contribution in [0.3, 0.4) is 0 Å². The highest BCUT2D eigenvalue weighted by Gasteiger charge is 2.22. The maximum absolute atomic E-state index is 5.84. The van der Waals surface area contributed by atoms with Gasteiger partial charge in [-0.1, -0.05) is 13.8 Å². The third kappa shape index (κ3) is 5.25. The topological polar surface area (TPSA) is 66.6 Å². The van der Waals surface area contributed by atoms with Gasteiger partial charge in [0.15, 0.2) is 0 Å². The monoisotopic (exact) mass is 280 g/mol. The van der Waals surface area contributed by atoms with Crippen LogP contribution in [0.4, 0.5) is 5.69 Å². The lowest BCUT2D eigenvalue weighted by atomic mass is 10.2. The molecule has 2 N–H and O–H groups in total. The summed E-state index contributed by atoms with van der Waals surface area (Å²) >= 11 is 0. The third-order valence-electron chi connectivity index (χ3n) is 2.95. The van der Waals surface area contributed by atoms with Crippen LogP contribution < -0.4 is 15.2 Å². The Hall–Kier alpha value is -1.49. The molecule has 1 aliphatic carbocycles. The van der Waals surface area contributed by atoms with Crippen molar-refractivity contribution in [2.75, 3.05) is 32.2 Å². The summed E-state index contributed by atoms with van der Waals surface area (Å²) in [6, 6.07) is 3.52. The second kappa shape index (κ2) is 7.33.